The van der Waals surface area contributed by atoms with Crippen LogP contribution in [0.1, 0.15) is 10.4 Å². The Kier molecular flexibility index (Phi) is 5.23. The van der Waals surface area contributed by atoms with E-state index >= 15 is 0 Å². The molecule has 0 aliphatic carbocycles. The van der Waals surface area contributed by atoms with Crippen LogP contribution < -0.4 is 10.1 Å². The van der Waals surface area contributed by atoms with E-state index in [9.17, 15) is 4.79 Å². The summed E-state index contributed by atoms with van der Waals surface area (Å²) < 4.78 is 7.67. The molecule has 0 unspecified atom stereocenters. The van der Waals surface area contributed by atoms with Crippen molar-refractivity contribution in [2.75, 3.05) is 12.4 Å². The highest BCUT2D eigenvalue weighted by Gasteiger charge is 2.09. The molecule has 0 heterocycles. The number of carbonyl (C=O) groups excluding carboxylic acids is 1. The molecule has 2 aromatic carbocycles. The first-order valence-electron chi connectivity index (χ1n) is 5.60. The van der Waals surface area contributed by atoms with E-state index in [2.05, 4.69) is 53.1 Å². The van der Waals surface area contributed by atoms with Crippen LogP contribution in [0.25, 0.3) is 0 Å². The molecular weight excluding hydrogens is 454 g/mol. The molecule has 0 saturated heterocycles. The van der Waals surface area contributed by atoms with Crippen molar-refractivity contribution in [1.82, 2.24) is 0 Å². The van der Waals surface area contributed by atoms with Crippen LogP contribution in [0.15, 0.2) is 49.8 Å². The molecule has 0 spiro atoms. The van der Waals surface area contributed by atoms with E-state index in [1.54, 1.807) is 25.3 Å². The molecule has 0 atom stereocenters. The van der Waals surface area contributed by atoms with E-state index in [1.165, 1.54) is 0 Å². The molecule has 3 nitrogen and oxygen atoms in total. The van der Waals surface area contributed by atoms with Crippen LogP contribution in [0.3, 0.4) is 0 Å². The van der Waals surface area contributed by atoms with Gasteiger partial charge >= 0.3 is 0 Å². The van der Waals surface area contributed by atoms with Gasteiger partial charge in [0, 0.05) is 30.7 Å². The van der Waals surface area contributed by atoms with E-state index in [0.29, 0.717) is 17.0 Å². The van der Waals surface area contributed by atoms with Crippen LogP contribution in [0.2, 0.25) is 0 Å². The molecule has 0 aromatic heterocycles. The lowest BCUT2D eigenvalue weighted by Crippen LogP contribution is -2.12. The second-order valence-corrected chi connectivity index (χ2v) is 6.74. The van der Waals surface area contributed by atoms with Gasteiger partial charge in [-0.25, -0.2) is 0 Å². The smallest absolute Gasteiger partial charge is 0.255 e. The number of methoxy groups -OCH3 is 1. The first-order valence-corrected chi connectivity index (χ1v) is 7.98. The number of halogens is 3. The van der Waals surface area contributed by atoms with Crippen molar-refractivity contribution in [2.24, 2.45) is 0 Å². The monoisotopic (exact) mass is 461 g/mol. The molecule has 20 heavy (non-hydrogen) atoms. The van der Waals surface area contributed by atoms with Crippen LogP contribution in [0, 0.1) is 0 Å². The van der Waals surface area contributed by atoms with Gasteiger partial charge in [-0.05, 0) is 30.3 Å². The average Bonchev–Trinajstić information content (AvgIpc) is 2.36. The van der Waals surface area contributed by atoms with Crippen molar-refractivity contribution in [3.63, 3.8) is 0 Å². The number of hydrogen-bond acceptors (Lipinski definition) is 2. The Labute approximate surface area is 142 Å². The number of anilines is 1. The second-order valence-electron chi connectivity index (χ2n) is 3.99. The van der Waals surface area contributed by atoms with Gasteiger partial charge in [-0.2, -0.15) is 0 Å². The SMILES string of the molecule is COc1cc(Br)cc(NC(=O)c2cc(Br)cc(Br)c2)c1. The molecule has 0 bridgehead atoms. The molecule has 1 amide bonds. The maximum Gasteiger partial charge on any atom is 0.255 e. The van der Waals surface area contributed by atoms with E-state index in [0.717, 1.165) is 13.4 Å². The van der Waals surface area contributed by atoms with Crippen molar-refractivity contribution in [1.29, 1.82) is 0 Å². The Morgan fingerprint density at radius 2 is 1.55 bits per heavy atom. The first-order chi connectivity index (χ1) is 9.47. The number of benzene rings is 2. The summed E-state index contributed by atoms with van der Waals surface area (Å²) in [5.74, 6) is 0.484. The fraction of sp³-hybridized carbons (Fsp3) is 0.0714. The Morgan fingerprint density at radius 1 is 0.950 bits per heavy atom. The summed E-state index contributed by atoms with van der Waals surface area (Å²) in [7, 11) is 1.58. The lowest BCUT2D eigenvalue weighted by molar-refractivity contribution is 0.102. The molecule has 6 heteroatoms. The third-order valence-corrected chi connectivity index (χ3v) is 3.86. The first kappa shape index (κ1) is 15.5. The highest BCUT2D eigenvalue weighted by molar-refractivity contribution is 9.11. The lowest BCUT2D eigenvalue weighted by atomic mass is 10.2. The Balaban J connectivity index is 2.25. The molecule has 0 fully saturated rings. The number of nitrogens with one attached hydrogen (secondary N) is 1. The van der Waals surface area contributed by atoms with E-state index in [1.807, 2.05) is 18.2 Å². The third kappa shape index (κ3) is 4.07. The van der Waals surface area contributed by atoms with Crippen molar-refractivity contribution < 1.29 is 9.53 Å². The minimum absolute atomic E-state index is 0.188. The number of carbonyl (C=O) groups is 1. The standard InChI is InChI=1S/C14H10Br3NO2/c1-20-13-6-11(17)5-12(7-13)18-14(19)8-2-9(15)4-10(16)3-8/h2-7H,1H3,(H,18,19). The van der Waals surface area contributed by atoms with Crippen LogP contribution in [0.5, 0.6) is 5.75 Å². The van der Waals surface area contributed by atoms with Gasteiger partial charge in [0.1, 0.15) is 5.75 Å². The molecule has 0 saturated carbocycles. The van der Waals surface area contributed by atoms with Crippen molar-refractivity contribution in [3.8, 4) is 5.75 Å². The minimum atomic E-state index is -0.188. The van der Waals surface area contributed by atoms with Gasteiger partial charge in [0.05, 0.1) is 7.11 Å². The lowest BCUT2D eigenvalue weighted by Gasteiger charge is -2.09. The highest BCUT2D eigenvalue weighted by atomic mass is 79.9. The van der Waals surface area contributed by atoms with Crippen molar-refractivity contribution >= 4 is 59.4 Å². The largest absolute Gasteiger partial charge is 0.497 e. The normalized spacial score (nSPS) is 10.2. The summed E-state index contributed by atoms with van der Waals surface area (Å²) in [5.41, 5.74) is 1.22. The van der Waals surface area contributed by atoms with Gasteiger partial charge in [-0.3, -0.25) is 4.79 Å². The van der Waals surface area contributed by atoms with E-state index in [4.69, 9.17) is 4.74 Å². The molecular formula is C14H10Br3NO2. The summed E-state index contributed by atoms with van der Waals surface area (Å²) in [6.45, 7) is 0. The van der Waals surface area contributed by atoms with Gasteiger partial charge in [-0.1, -0.05) is 47.8 Å². The third-order valence-electron chi connectivity index (χ3n) is 2.49. The number of ether oxygens (including phenoxy) is 1. The number of hydrogen-bond donors (Lipinski definition) is 1. The van der Waals surface area contributed by atoms with Crippen LogP contribution in [-0.4, -0.2) is 13.0 Å². The average molecular weight is 464 g/mol. The van der Waals surface area contributed by atoms with Gasteiger partial charge in [0.2, 0.25) is 0 Å². The summed E-state index contributed by atoms with van der Waals surface area (Å²) in [6, 6.07) is 10.8. The molecule has 1 N–H and O–H groups in total. The molecule has 0 radical (unpaired) electrons. The van der Waals surface area contributed by atoms with Crippen LogP contribution in [0.4, 0.5) is 5.69 Å². The Morgan fingerprint density at radius 3 is 2.15 bits per heavy atom. The second kappa shape index (κ2) is 6.74. The number of rotatable bonds is 3. The summed E-state index contributed by atoms with van der Waals surface area (Å²) in [6.07, 6.45) is 0. The topological polar surface area (TPSA) is 38.3 Å². The van der Waals surface area contributed by atoms with Crippen LogP contribution >= 0.6 is 47.8 Å². The summed E-state index contributed by atoms with van der Waals surface area (Å²) in [5, 5.41) is 2.84. The van der Waals surface area contributed by atoms with Crippen molar-refractivity contribution in [2.45, 2.75) is 0 Å². The van der Waals surface area contributed by atoms with Gasteiger partial charge in [0.25, 0.3) is 5.91 Å². The maximum absolute atomic E-state index is 12.2. The minimum Gasteiger partial charge on any atom is -0.497 e. The quantitative estimate of drug-likeness (QED) is 0.676. The van der Waals surface area contributed by atoms with Gasteiger partial charge in [-0.15, -0.1) is 0 Å². The van der Waals surface area contributed by atoms with Gasteiger partial charge in [0.15, 0.2) is 0 Å². The zero-order valence-corrected chi connectivity index (χ0v) is 15.2. The zero-order valence-electron chi connectivity index (χ0n) is 10.4. The maximum atomic E-state index is 12.2. The Hall–Kier alpha value is -0.850. The zero-order chi connectivity index (χ0) is 14.7. The molecule has 2 rings (SSSR count). The fourth-order valence-electron chi connectivity index (χ4n) is 1.64. The van der Waals surface area contributed by atoms with E-state index < -0.39 is 0 Å². The van der Waals surface area contributed by atoms with Gasteiger partial charge < -0.3 is 10.1 Å². The highest BCUT2D eigenvalue weighted by Crippen LogP contribution is 2.26. The van der Waals surface area contributed by atoms with Crippen molar-refractivity contribution in [3.05, 3.63) is 55.4 Å². The molecule has 0 aliphatic heterocycles. The number of amides is 1. The van der Waals surface area contributed by atoms with Crippen LogP contribution in [-0.2, 0) is 0 Å². The predicted octanol–water partition coefficient (Wildman–Crippen LogP) is 5.24. The Bertz CT molecular complexity index is 639. The molecule has 104 valence electrons. The molecule has 2 aromatic rings. The molecule has 0 aliphatic rings. The summed E-state index contributed by atoms with van der Waals surface area (Å²) >= 11 is 10.1. The fourth-order valence-corrected chi connectivity index (χ4v) is 3.41. The predicted molar refractivity (Wildman–Crippen MR) is 90.5 cm³/mol. The summed E-state index contributed by atoms with van der Waals surface area (Å²) in [4.78, 5) is 12.2. The van der Waals surface area contributed by atoms with E-state index in [-0.39, 0.29) is 5.91 Å².